The Labute approximate surface area is 92.2 Å². The van der Waals surface area contributed by atoms with Crippen molar-refractivity contribution in [2.75, 3.05) is 5.75 Å². The maximum absolute atomic E-state index is 11.7. The summed E-state index contributed by atoms with van der Waals surface area (Å²) in [5.74, 6) is 0.692. The molecule has 0 aliphatic carbocycles. The van der Waals surface area contributed by atoms with Gasteiger partial charge in [0, 0.05) is 5.56 Å². The summed E-state index contributed by atoms with van der Waals surface area (Å²) in [7, 11) is 0. The van der Waals surface area contributed by atoms with Crippen LogP contribution in [-0.4, -0.2) is 21.7 Å². The number of aliphatic imine (C=N–C) groups is 1. The molecule has 1 unspecified atom stereocenters. The van der Waals surface area contributed by atoms with Crippen molar-refractivity contribution < 1.29 is 4.79 Å². The molecule has 2 aliphatic heterocycles. The summed E-state index contributed by atoms with van der Waals surface area (Å²) in [6, 6.07) is 8.13. The van der Waals surface area contributed by atoms with Crippen LogP contribution in [0.4, 0.5) is 5.69 Å². The molecule has 1 aromatic rings. The van der Waals surface area contributed by atoms with Crippen LogP contribution in [0.3, 0.4) is 0 Å². The lowest BCUT2D eigenvalue weighted by Gasteiger charge is -2.29. The van der Waals surface area contributed by atoms with E-state index in [1.807, 2.05) is 24.3 Å². The van der Waals surface area contributed by atoms with Crippen molar-refractivity contribution in [1.29, 1.82) is 0 Å². The van der Waals surface area contributed by atoms with Crippen molar-refractivity contribution in [1.82, 2.24) is 4.90 Å². The third-order valence-corrected chi connectivity index (χ3v) is 3.73. The molecular formula is C11H10N2OS. The maximum atomic E-state index is 11.7. The highest BCUT2D eigenvalue weighted by molar-refractivity contribution is 8.15. The van der Waals surface area contributed by atoms with E-state index in [2.05, 4.69) is 11.9 Å². The monoisotopic (exact) mass is 218 g/mol. The summed E-state index contributed by atoms with van der Waals surface area (Å²) in [4.78, 5) is 17.9. The SMILES string of the molecule is CC1c2ccccc2N=C2SCC(=O)N21. The van der Waals surface area contributed by atoms with Gasteiger partial charge in [-0.05, 0) is 13.0 Å². The van der Waals surface area contributed by atoms with Gasteiger partial charge in [-0.1, -0.05) is 30.0 Å². The average molecular weight is 218 g/mol. The quantitative estimate of drug-likeness (QED) is 0.669. The Morgan fingerprint density at radius 3 is 3.13 bits per heavy atom. The Morgan fingerprint density at radius 2 is 2.27 bits per heavy atom. The van der Waals surface area contributed by atoms with E-state index in [1.54, 1.807) is 4.90 Å². The molecule has 3 rings (SSSR count). The summed E-state index contributed by atoms with van der Waals surface area (Å²) >= 11 is 1.53. The summed E-state index contributed by atoms with van der Waals surface area (Å²) in [5.41, 5.74) is 2.13. The second-order valence-corrected chi connectivity index (χ2v) is 4.62. The smallest absolute Gasteiger partial charge is 0.239 e. The number of fused-ring (bicyclic) bond motifs is 2. The normalized spacial score (nSPS) is 23.5. The predicted molar refractivity (Wildman–Crippen MR) is 61.3 cm³/mol. The molecular weight excluding hydrogens is 208 g/mol. The molecule has 76 valence electrons. The van der Waals surface area contributed by atoms with E-state index < -0.39 is 0 Å². The van der Waals surface area contributed by atoms with Crippen LogP contribution in [0.25, 0.3) is 0 Å². The molecule has 2 heterocycles. The van der Waals surface area contributed by atoms with Gasteiger partial charge in [0.05, 0.1) is 17.5 Å². The van der Waals surface area contributed by atoms with Crippen molar-refractivity contribution in [3.63, 3.8) is 0 Å². The highest BCUT2D eigenvalue weighted by atomic mass is 32.2. The third kappa shape index (κ3) is 1.21. The number of carbonyl (C=O) groups is 1. The number of hydrogen-bond acceptors (Lipinski definition) is 3. The van der Waals surface area contributed by atoms with Crippen molar-refractivity contribution in [3.05, 3.63) is 29.8 Å². The van der Waals surface area contributed by atoms with Crippen LogP contribution in [0, 0.1) is 0 Å². The van der Waals surface area contributed by atoms with E-state index in [1.165, 1.54) is 11.8 Å². The van der Waals surface area contributed by atoms with Crippen LogP contribution in [0.2, 0.25) is 0 Å². The van der Waals surface area contributed by atoms with E-state index in [9.17, 15) is 4.79 Å². The van der Waals surface area contributed by atoms with Crippen LogP contribution in [0.5, 0.6) is 0 Å². The van der Waals surface area contributed by atoms with Gasteiger partial charge in [-0.3, -0.25) is 9.69 Å². The molecule has 15 heavy (non-hydrogen) atoms. The molecule has 2 aliphatic rings. The lowest BCUT2D eigenvalue weighted by Crippen LogP contribution is -2.34. The number of para-hydroxylation sites is 1. The van der Waals surface area contributed by atoms with E-state index >= 15 is 0 Å². The van der Waals surface area contributed by atoms with Crippen molar-refractivity contribution in [2.24, 2.45) is 4.99 Å². The first-order chi connectivity index (χ1) is 7.27. The minimum atomic E-state index is 0.121. The molecule has 0 radical (unpaired) electrons. The topological polar surface area (TPSA) is 32.7 Å². The number of hydrogen-bond donors (Lipinski definition) is 0. The fourth-order valence-corrected chi connectivity index (χ4v) is 2.98. The zero-order chi connectivity index (χ0) is 10.4. The van der Waals surface area contributed by atoms with Gasteiger partial charge in [0.25, 0.3) is 0 Å². The average Bonchev–Trinajstić information content (AvgIpc) is 2.61. The molecule has 1 amide bonds. The molecule has 1 aromatic carbocycles. The van der Waals surface area contributed by atoms with Crippen molar-refractivity contribution in [3.8, 4) is 0 Å². The zero-order valence-corrected chi connectivity index (χ0v) is 9.12. The molecule has 4 heteroatoms. The number of benzene rings is 1. The largest absolute Gasteiger partial charge is 0.283 e. The molecule has 0 bridgehead atoms. The molecule has 0 spiro atoms. The Balaban J connectivity index is 2.17. The van der Waals surface area contributed by atoms with Crippen LogP contribution >= 0.6 is 11.8 Å². The number of rotatable bonds is 0. The summed E-state index contributed by atoms with van der Waals surface area (Å²) < 4.78 is 0. The molecule has 0 saturated carbocycles. The zero-order valence-electron chi connectivity index (χ0n) is 8.30. The lowest BCUT2D eigenvalue weighted by molar-refractivity contribution is -0.125. The molecule has 1 atom stereocenters. The van der Waals surface area contributed by atoms with Gasteiger partial charge in [0.1, 0.15) is 0 Å². The van der Waals surface area contributed by atoms with E-state index in [0.29, 0.717) is 5.75 Å². The highest BCUT2D eigenvalue weighted by Gasteiger charge is 2.36. The Morgan fingerprint density at radius 1 is 1.47 bits per heavy atom. The Bertz CT molecular complexity index is 469. The van der Waals surface area contributed by atoms with E-state index in [-0.39, 0.29) is 11.9 Å². The molecule has 3 nitrogen and oxygen atoms in total. The molecule has 1 saturated heterocycles. The van der Waals surface area contributed by atoms with Crippen molar-refractivity contribution in [2.45, 2.75) is 13.0 Å². The number of carbonyl (C=O) groups excluding carboxylic acids is 1. The van der Waals surface area contributed by atoms with E-state index in [4.69, 9.17) is 0 Å². The van der Waals surface area contributed by atoms with Gasteiger partial charge in [0.2, 0.25) is 5.91 Å². The minimum Gasteiger partial charge on any atom is -0.283 e. The fourth-order valence-electron chi connectivity index (χ4n) is 2.02. The van der Waals surface area contributed by atoms with Gasteiger partial charge < -0.3 is 0 Å². The van der Waals surface area contributed by atoms with Gasteiger partial charge in [0.15, 0.2) is 5.17 Å². The lowest BCUT2D eigenvalue weighted by atomic mass is 10.0. The van der Waals surface area contributed by atoms with Crippen LogP contribution in [-0.2, 0) is 4.79 Å². The highest BCUT2D eigenvalue weighted by Crippen LogP contribution is 2.39. The van der Waals surface area contributed by atoms with Crippen LogP contribution in [0.15, 0.2) is 29.3 Å². The Kier molecular flexibility index (Phi) is 1.85. The summed E-state index contributed by atoms with van der Waals surface area (Å²) in [5, 5.41) is 0.853. The number of amides is 1. The minimum absolute atomic E-state index is 0.121. The number of thioether (sulfide) groups is 1. The van der Waals surface area contributed by atoms with Crippen molar-refractivity contribution >= 4 is 28.5 Å². The van der Waals surface area contributed by atoms with E-state index in [0.717, 1.165) is 16.4 Å². The standard InChI is InChI=1S/C11H10N2OS/c1-7-8-4-2-3-5-9(8)12-11-13(7)10(14)6-15-11/h2-5,7H,6H2,1H3. The summed E-state index contributed by atoms with van der Waals surface area (Å²) in [6.45, 7) is 2.05. The predicted octanol–water partition coefficient (Wildman–Crippen LogP) is 2.32. The van der Waals surface area contributed by atoms with Gasteiger partial charge >= 0.3 is 0 Å². The first kappa shape index (κ1) is 8.97. The second-order valence-electron chi connectivity index (χ2n) is 3.68. The van der Waals surface area contributed by atoms with Gasteiger partial charge in [-0.15, -0.1) is 0 Å². The number of nitrogens with zero attached hydrogens (tertiary/aromatic N) is 2. The van der Waals surface area contributed by atoms with Gasteiger partial charge in [-0.2, -0.15) is 0 Å². The summed E-state index contributed by atoms with van der Waals surface area (Å²) in [6.07, 6.45) is 0. The molecule has 0 aromatic heterocycles. The van der Waals surface area contributed by atoms with Gasteiger partial charge in [-0.25, -0.2) is 4.99 Å². The van der Waals surface area contributed by atoms with Crippen LogP contribution < -0.4 is 0 Å². The Hall–Kier alpha value is -1.29. The fraction of sp³-hybridized carbons (Fsp3) is 0.273. The number of amidine groups is 1. The van der Waals surface area contributed by atoms with Crippen LogP contribution in [0.1, 0.15) is 18.5 Å². The maximum Gasteiger partial charge on any atom is 0.239 e. The first-order valence-electron chi connectivity index (χ1n) is 4.90. The molecule has 1 fully saturated rings. The first-order valence-corrected chi connectivity index (χ1v) is 5.88. The molecule has 0 N–H and O–H groups in total. The third-order valence-electron chi connectivity index (χ3n) is 2.79. The second kappa shape index (κ2) is 3.10.